The Morgan fingerprint density at radius 3 is 2.33 bits per heavy atom. The number of pyridine rings is 1. The van der Waals surface area contributed by atoms with Gasteiger partial charge in [-0.05, 0) is 18.2 Å². The number of carboxylic acid groups (broad SMARTS) is 1. The van der Waals surface area contributed by atoms with E-state index in [2.05, 4.69) is 41.3 Å². The molecule has 0 fully saturated rings. The van der Waals surface area contributed by atoms with Gasteiger partial charge >= 0.3 is 12.3 Å². The summed E-state index contributed by atoms with van der Waals surface area (Å²) in [6.07, 6.45) is -4.49. The monoisotopic (exact) mass is 570 g/mol. The molecule has 0 unspecified atom stereocenters. The van der Waals surface area contributed by atoms with Crippen molar-refractivity contribution in [3.63, 3.8) is 0 Å². The number of halogens is 5. The lowest BCUT2D eigenvalue weighted by Gasteiger charge is -2.08. The first kappa shape index (κ1) is 26.6. The minimum absolute atomic E-state index is 0.00347. The van der Waals surface area contributed by atoms with E-state index in [0.717, 1.165) is 0 Å². The van der Waals surface area contributed by atoms with Crippen LogP contribution in [-0.4, -0.2) is 47.4 Å². The Morgan fingerprint density at radius 2 is 1.78 bits per heavy atom. The van der Waals surface area contributed by atoms with Crippen molar-refractivity contribution < 1.29 is 27.5 Å². The summed E-state index contributed by atoms with van der Waals surface area (Å²) < 4.78 is 48.7. The molecule has 190 valence electrons. The van der Waals surface area contributed by atoms with Crippen LogP contribution in [0.15, 0.2) is 42.6 Å². The van der Waals surface area contributed by atoms with Crippen LogP contribution in [0.2, 0.25) is 0 Å². The third-order valence-electron chi connectivity index (χ3n) is 4.57. The molecule has 0 spiro atoms. The topological polar surface area (TPSA) is 158 Å². The summed E-state index contributed by atoms with van der Waals surface area (Å²) in [4.78, 5) is 23.5. The number of anilines is 3. The second-order valence-electron chi connectivity index (χ2n) is 7.15. The average molecular weight is 571 g/mol. The predicted molar refractivity (Wildman–Crippen MR) is 129 cm³/mol. The highest BCUT2D eigenvalue weighted by Crippen LogP contribution is 2.30. The van der Waals surface area contributed by atoms with Gasteiger partial charge in [-0.1, -0.05) is 34.1 Å². The van der Waals surface area contributed by atoms with Gasteiger partial charge in [0.25, 0.3) is 0 Å². The van der Waals surface area contributed by atoms with E-state index in [1.807, 2.05) is 0 Å². The van der Waals surface area contributed by atoms with Gasteiger partial charge in [-0.25, -0.2) is 28.8 Å². The van der Waals surface area contributed by atoms with Crippen molar-refractivity contribution in [2.45, 2.75) is 19.1 Å². The van der Waals surface area contributed by atoms with Gasteiger partial charge in [0.2, 0.25) is 0 Å². The van der Waals surface area contributed by atoms with Crippen LogP contribution in [-0.2, 0) is 6.54 Å². The standard InChI is InChI=1S/C18H15FN8O2.C3H4BrF3/c19-11-6-2-1-4-9(11)8-27-17-10(5-3-7-22-17)12(26-27)16-24-14(20)13(15(21)25-16)23-18(28)29;4-2-1-3(5,6)7/h1-7,23H,8H2,(H,28,29)(H4,20,21,24,25);1-2H2. The van der Waals surface area contributed by atoms with E-state index in [-0.39, 0.29) is 40.8 Å². The van der Waals surface area contributed by atoms with Gasteiger partial charge in [0.1, 0.15) is 17.2 Å². The van der Waals surface area contributed by atoms with E-state index in [4.69, 9.17) is 16.6 Å². The van der Waals surface area contributed by atoms with Gasteiger partial charge in [0.05, 0.1) is 18.4 Å². The van der Waals surface area contributed by atoms with Crippen molar-refractivity contribution in [2.75, 3.05) is 22.1 Å². The summed E-state index contributed by atoms with van der Waals surface area (Å²) in [5.74, 6) is -0.546. The largest absolute Gasteiger partial charge is 0.465 e. The Kier molecular flexibility index (Phi) is 8.24. The van der Waals surface area contributed by atoms with Crippen molar-refractivity contribution in [2.24, 2.45) is 0 Å². The molecular weight excluding hydrogens is 552 g/mol. The molecule has 0 saturated carbocycles. The Morgan fingerprint density at radius 1 is 1.11 bits per heavy atom. The number of amides is 1. The van der Waals surface area contributed by atoms with Crippen LogP contribution in [0, 0.1) is 5.82 Å². The summed E-state index contributed by atoms with van der Waals surface area (Å²) in [7, 11) is 0. The zero-order chi connectivity index (χ0) is 26.5. The average Bonchev–Trinajstić information content (AvgIpc) is 3.16. The van der Waals surface area contributed by atoms with Crippen LogP contribution in [0.1, 0.15) is 12.0 Å². The molecule has 0 aliphatic carbocycles. The molecule has 15 heteroatoms. The molecule has 36 heavy (non-hydrogen) atoms. The number of hydrogen-bond donors (Lipinski definition) is 4. The fourth-order valence-corrected chi connectivity index (χ4v) is 3.47. The molecule has 4 aromatic rings. The van der Waals surface area contributed by atoms with Crippen LogP contribution >= 0.6 is 15.9 Å². The number of alkyl halides is 4. The summed E-state index contributed by atoms with van der Waals surface area (Å²) in [5.41, 5.74) is 12.9. The summed E-state index contributed by atoms with van der Waals surface area (Å²) >= 11 is 2.67. The Hall–Kier alpha value is -4.01. The quantitative estimate of drug-likeness (QED) is 0.199. The van der Waals surface area contributed by atoms with Crippen molar-refractivity contribution >= 4 is 50.4 Å². The Bertz CT molecular complexity index is 1360. The second-order valence-corrected chi connectivity index (χ2v) is 7.94. The number of carbonyl (C=O) groups is 1. The number of fused-ring (bicyclic) bond motifs is 1. The lowest BCUT2D eigenvalue weighted by molar-refractivity contribution is -0.129. The number of rotatable bonds is 5. The molecule has 6 N–H and O–H groups in total. The SMILES string of the molecule is FC(F)(F)CCBr.Nc1nc(-c2nn(Cc3ccccc3F)c3ncccc23)nc(N)c1NC(=O)O. The highest BCUT2D eigenvalue weighted by molar-refractivity contribution is 9.09. The maximum atomic E-state index is 14.1. The third kappa shape index (κ3) is 6.56. The molecule has 1 aromatic carbocycles. The number of hydrogen-bond acceptors (Lipinski definition) is 7. The highest BCUT2D eigenvalue weighted by Gasteiger charge is 2.25. The van der Waals surface area contributed by atoms with Crippen LogP contribution < -0.4 is 16.8 Å². The summed E-state index contributed by atoms with van der Waals surface area (Å²) in [6, 6.07) is 9.85. The Labute approximate surface area is 209 Å². The Balaban J connectivity index is 0.000000454. The van der Waals surface area contributed by atoms with Gasteiger partial charge in [-0.2, -0.15) is 18.3 Å². The molecule has 3 heterocycles. The number of nitrogens with one attached hydrogen (secondary N) is 1. The third-order valence-corrected chi connectivity index (χ3v) is 4.97. The first-order valence-corrected chi connectivity index (χ1v) is 11.2. The lowest BCUT2D eigenvalue weighted by Crippen LogP contribution is -2.14. The smallest absolute Gasteiger partial charge is 0.409 e. The van der Waals surface area contributed by atoms with Gasteiger partial charge in [-0.15, -0.1) is 0 Å². The number of nitrogens with zero attached hydrogens (tertiary/aromatic N) is 5. The minimum Gasteiger partial charge on any atom is -0.465 e. The lowest BCUT2D eigenvalue weighted by atomic mass is 10.2. The van der Waals surface area contributed by atoms with Crippen molar-refractivity contribution in [3.05, 3.63) is 54.0 Å². The number of nitrogen functional groups attached to an aromatic ring is 2. The maximum Gasteiger partial charge on any atom is 0.409 e. The van der Waals surface area contributed by atoms with E-state index in [1.54, 1.807) is 36.5 Å². The molecule has 0 saturated heterocycles. The summed E-state index contributed by atoms with van der Waals surface area (Å²) in [6.45, 7) is 0.143. The first-order valence-electron chi connectivity index (χ1n) is 10.1. The van der Waals surface area contributed by atoms with Gasteiger partial charge in [0, 0.05) is 17.1 Å². The van der Waals surface area contributed by atoms with E-state index < -0.39 is 18.7 Å². The molecule has 0 radical (unpaired) electrons. The van der Waals surface area contributed by atoms with Crippen molar-refractivity contribution in [3.8, 4) is 11.5 Å². The van der Waals surface area contributed by atoms with E-state index in [0.29, 0.717) is 22.3 Å². The molecule has 3 aromatic heterocycles. The van der Waals surface area contributed by atoms with E-state index in [9.17, 15) is 22.4 Å². The van der Waals surface area contributed by atoms with Crippen molar-refractivity contribution in [1.82, 2.24) is 24.7 Å². The number of nitrogens with two attached hydrogens (primary N) is 2. The second kappa shape index (κ2) is 11.2. The normalized spacial score (nSPS) is 11.1. The van der Waals surface area contributed by atoms with Crippen LogP contribution in [0.5, 0.6) is 0 Å². The van der Waals surface area contributed by atoms with Gasteiger partial charge in [0.15, 0.2) is 23.1 Å². The molecular formula is C21H19BrF4N8O2. The minimum atomic E-state index is -4.00. The maximum absolute atomic E-state index is 14.1. The first-order chi connectivity index (χ1) is 17.0. The van der Waals surface area contributed by atoms with Crippen LogP contribution in [0.4, 0.5) is 39.7 Å². The fraction of sp³-hybridized carbons (Fsp3) is 0.190. The molecule has 10 nitrogen and oxygen atoms in total. The van der Waals surface area contributed by atoms with Crippen LogP contribution in [0.25, 0.3) is 22.6 Å². The molecule has 0 aliphatic heterocycles. The molecule has 0 aliphatic rings. The molecule has 0 atom stereocenters. The van der Waals surface area contributed by atoms with Gasteiger partial charge < -0.3 is 16.6 Å². The molecule has 4 rings (SSSR count). The summed E-state index contributed by atoms with van der Waals surface area (Å²) in [5, 5.41) is 16.0. The van der Waals surface area contributed by atoms with Crippen LogP contribution in [0.3, 0.4) is 0 Å². The predicted octanol–water partition coefficient (Wildman–Crippen LogP) is 4.66. The molecule has 1 amide bonds. The van der Waals surface area contributed by atoms with Gasteiger partial charge in [-0.3, -0.25) is 5.32 Å². The molecule has 0 bridgehead atoms. The zero-order valence-corrected chi connectivity index (χ0v) is 19.9. The van der Waals surface area contributed by atoms with E-state index in [1.165, 1.54) is 10.7 Å². The number of aromatic nitrogens is 5. The van der Waals surface area contributed by atoms with E-state index >= 15 is 0 Å². The zero-order valence-electron chi connectivity index (χ0n) is 18.3. The van der Waals surface area contributed by atoms with Crippen molar-refractivity contribution in [1.29, 1.82) is 0 Å². The number of benzene rings is 1. The fourth-order valence-electron chi connectivity index (χ4n) is 3.02. The highest BCUT2D eigenvalue weighted by atomic mass is 79.9.